The molecule has 0 spiro atoms. The first-order valence-corrected chi connectivity index (χ1v) is 6.87. The van der Waals surface area contributed by atoms with E-state index in [0.29, 0.717) is 0 Å². The number of anilines is 1. The molecule has 8 nitrogen and oxygen atoms in total. The van der Waals surface area contributed by atoms with E-state index in [9.17, 15) is 19.2 Å². The third-order valence-corrected chi connectivity index (χ3v) is 3.35. The fourth-order valence-electron chi connectivity index (χ4n) is 2.17. The molecule has 0 radical (unpaired) electrons. The predicted octanol–water partition coefficient (Wildman–Crippen LogP) is 0.742. The maximum atomic E-state index is 12.1. The number of nitrogens with zero attached hydrogens (tertiary/aromatic N) is 1. The average Bonchev–Trinajstić information content (AvgIpc) is 2.69. The Balaban J connectivity index is 2.11. The molecule has 122 valence electrons. The lowest BCUT2D eigenvalue weighted by molar-refractivity contribution is -0.132. The Morgan fingerprint density at radius 3 is 2.48 bits per heavy atom. The van der Waals surface area contributed by atoms with Crippen LogP contribution in [-0.2, 0) is 14.3 Å². The Morgan fingerprint density at radius 2 is 1.91 bits per heavy atom. The fourth-order valence-corrected chi connectivity index (χ4v) is 2.17. The summed E-state index contributed by atoms with van der Waals surface area (Å²) in [4.78, 5) is 48.4. The van der Waals surface area contributed by atoms with Crippen molar-refractivity contribution in [1.82, 2.24) is 10.2 Å². The highest BCUT2D eigenvalue weighted by atomic mass is 16.5. The number of hydrogen-bond donors (Lipinski definition) is 2. The van der Waals surface area contributed by atoms with Crippen LogP contribution in [0.3, 0.4) is 0 Å². The minimum atomic E-state index is -1.04. The molecule has 1 heterocycles. The van der Waals surface area contributed by atoms with Gasteiger partial charge in [0, 0.05) is 0 Å². The first-order chi connectivity index (χ1) is 10.8. The molecule has 0 unspecified atom stereocenters. The number of imide groups is 1. The van der Waals surface area contributed by atoms with Gasteiger partial charge in [0.25, 0.3) is 5.91 Å². The number of benzene rings is 1. The lowest BCUT2D eigenvalue weighted by Gasteiger charge is -2.16. The number of esters is 1. The Hall–Kier alpha value is -2.90. The van der Waals surface area contributed by atoms with Gasteiger partial charge >= 0.3 is 12.0 Å². The van der Waals surface area contributed by atoms with Crippen molar-refractivity contribution in [2.24, 2.45) is 0 Å². The highest BCUT2D eigenvalue weighted by molar-refractivity contribution is 6.10. The van der Waals surface area contributed by atoms with Crippen LogP contribution in [0.4, 0.5) is 10.5 Å². The van der Waals surface area contributed by atoms with E-state index in [-0.39, 0.29) is 11.3 Å². The zero-order chi connectivity index (χ0) is 17.2. The van der Waals surface area contributed by atoms with E-state index in [0.717, 1.165) is 4.90 Å². The van der Waals surface area contributed by atoms with E-state index in [2.05, 4.69) is 15.4 Å². The minimum Gasteiger partial charge on any atom is -0.465 e. The number of carbonyl (C=O) groups is 4. The first-order valence-electron chi connectivity index (χ1n) is 6.87. The van der Waals surface area contributed by atoms with Crippen LogP contribution in [0.1, 0.15) is 24.2 Å². The van der Waals surface area contributed by atoms with Gasteiger partial charge in [-0.3, -0.25) is 14.5 Å². The summed E-state index contributed by atoms with van der Waals surface area (Å²) in [6, 6.07) is 5.66. The largest absolute Gasteiger partial charge is 0.465 e. The molecule has 1 aliphatic rings. The summed E-state index contributed by atoms with van der Waals surface area (Å²) in [5, 5.41) is 4.99. The van der Waals surface area contributed by atoms with Crippen LogP contribution in [0.25, 0.3) is 0 Å². The van der Waals surface area contributed by atoms with Gasteiger partial charge in [0.2, 0.25) is 5.91 Å². The van der Waals surface area contributed by atoms with Crippen LogP contribution in [0.5, 0.6) is 0 Å². The Bertz CT molecular complexity index is 683. The molecule has 1 aromatic rings. The van der Waals surface area contributed by atoms with Crippen molar-refractivity contribution in [3.63, 3.8) is 0 Å². The lowest BCUT2D eigenvalue weighted by atomic mass is 10.1. The van der Waals surface area contributed by atoms with Crippen LogP contribution < -0.4 is 10.6 Å². The summed E-state index contributed by atoms with van der Waals surface area (Å²) in [7, 11) is 1.23. The van der Waals surface area contributed by atoms with Crippen molar-refractivity contribution < 1.29 is 23.9 Å². The van der Waals surface area contributed by atoms with E-state index < -0.39 is 35.9 Å². The Morgan fingerprint density at radius 1 is 1.26 bits per heavy atom. The van der Waals surface area contributed by atoms with Crippen molar-refractivity contribution in [2.75, 3.05) is 19.0 Å². The standard InChI is InChI=1S/C15H17N3O5/c1-15(2)13(21)18(14(22)17-15)8-11(19)16-10-7-5-4-6-9(10)12(20)23-3/h4-7H,8H2,1-3H3,(H,16,19)(H,17,22). The molecule has 1 saturated heterocycles. The smallest absolute Gasteiger partial charge is 0.339 e. The van der Waals surface area contributed by atoms with Gasteiger partial charge in [-0.25, -0.2) is 9.59 Å². The van der Waals surface area contributed by atoms with Crippen molar-refractivity contribution >= 4 is 29.5 Å². The van der Waals surface area contributed by atoms with Crippen molar-refractivity contribution in [3.8, 4) is 0 Å². The average molecular weight is 319 g/mol. The summed E-state index contributed by atoms with van der Waals surface area (Å²) in [5.74, 6) is -1.68. The number of methoxy groups -OCH3 is 1. The van der Waals surface area contributed by atoms with Crippen molar-refractivity contribution in [2.45, 2.75) is 19.4 Å². The predicted molar refractivity (Wildman–Crippen MR) is 80.7 cm³/mol. The third-order valence-electron chi connectivity index (χ3n) is 3.35. The van der Waals surface area contributed by atoms with Gasteiger partial charge in [-0.15, -0.1) is 0 Å². The second-order valence-corrected chi connectivity index (χ2v) is 5.53. The topological polar surface area (TPSA) is 105 Å². The van der Waals surface area contributed by atoms with Crippen molar-refractivity contribution in [3.05, 3.63) is 29.8 Å². The zero-order valence-corrected chi connectivity index (χ0v) is 13.0. The van der Waals surface area contributed by atoms with Gasteiger partial charge in [-0.2, -0.15) is 0 Å². The normalized spacial score (nSPS) is 16.0. The number of ether oxygens (including phenoxy) is 1. The van der Waals surface area contributed by atoms with Crippen LogP contribution in [-0.4, -0.2) is 47.9 Å². The molecule has 0 aromatic heterocycles. The number of nitrogens with one attached hydrogen (secondary N) is 2. The second kappa shape index (κ2) is 6.07. The molecule has 1 fully saturated rings. The number of carbonyl (C=O) groups excluding carboxylic acids is 4. The van der Waals surface area contributed by atoms with E-state index in [1.165, 1.54) is 19.2 Å². The molecule has 23 heavy (non-hydrogen) atoms. The van der Waals surface area contributed by atoms with E-state index in [4.69, 9.17) is 0 Å². The van der Waals surface area contributed by atoms with Gasteiger partial charge in [0.05, 0.1) is 18.4 Å². The molecule has 1 aromatic carbocycles. The van der Waals surface area contributed by atoms with E-state index >= 15 is 0 Å². The quantitative estimate of drug-likeness (QED) is 0.629. The van der Waals surface area contributed by atoms with Gasteiger partial charge < -0.3 is 15.4 Å². The lowest BCUT2D eigenvalue weighted by Crippen LogP contribution is -2.41. The molecule has 4 amide bonds. The highest BCUT2D eigenvalue weighted by Crippen LogP contribution is 2.18. The zero-order valence-electron chi connectivity index (χ0n) is 13.0. The molecule has 0 bridgehead atoms. The van der Waals surface area contributed by atoms with Gasteiger partial charge in [-0.05, 0) is 26.0 Å². The Kier molecular flexibility index (Phi) is 4.35. The summed E-state index contributed by atoms with van der Waals surface area (Å²) in [6.07, 6.45) is 0. The first kappa shape index (κ1) is 16.5. The van der Waals surface area contributed by atoms with E-state index in [1.54, 1.807) is 26.0 Å². The summed E-state index contributed by atoms with van der Waals surface area (Å²) >= 11 is 0. The monoisotopic (exact) mass is 319 g/mol. The molecule has 0 aliphatic carbocycles. The van der Waals surface area contributed by atoms with Gasteiger partial charge in [0.1, 0.15) is 12.1 Å². The maximum Gasteiger partial charge on any atom is 0.339 e. The molecule has 8 heteroatoms. The van der Waals surface area contributed by atoms with Crippen LogP contribution >= 0.6 is 0 Å². The molecular formula is C15H17N3O5. The summed E-state index contributed by atoms with van der Waals surface area (Å²) in [6.45, 7) is 2.67. The van der Waals surface area contributed by atoms with E-state index in [1.807, 2.05) is 0 Å². The molecule has 0 atom stereocenters. The van der Waals surface area contributed by atoms with Crippen LogP contribution in [0.2, 0.25) is 0 Å². The number of hydrogen-bond acceptors (Lipinski definition) is 5. The van der Waals surface area contributed by atoms with Gasteiger partial charge in [0.15, 0.2) is 0 Å². The molecular weight excluding hydrogens is 302 g/mol. The molecule has 0 saturated carbocycles. The van der Waals surface area contributed by atoms with Crippen LogP contribution in [0.15, 0.2) is 24.3 Å². The Labute approximate surface area is 132 Å². The van der Waals surface area contributed by atoms with Crippen LogP contribution in [0, 0.1) is 0 Å². The number of para-hydroxylation sites is 1. The number of urea groups is 1. The second-order valence-electron chi connectivity index (χ2n) is 5.53. The summed E-state index contributed by atoms with van der Waals surface area (Å²) < 4.78 is 4.63. The van der Waals surface area contributed by atoms with Crippen molar-refractivity contribution in [1.29, 1.82) is 0 Å². The highest BCUT2D eigenvalue weighted by Gasteiger charge is 2.44. The number of rotatable bonds is 4. The number of amides is 4. The maximum absolute atomic E-state index is 12.1. The minimum absolute atomic E-state index is 0.181. The SMILES string of the molecule is COC(=O)c1ccccc1NC(=O)CN1C(=O)NC(C)(C)C1=O. The van der Waals surface area contributed by atoms with Gasteiger partial charge in [-0.1, -0.05) is 12.1 Å². The molecule has 2 rings (SSSR count). The molecule has 1 aliphatic heterocycles. The third kappa shape index (κ3) is 3.31. The molecule has 2 N–H and O–H groups in total. The summed E-state index contributed by atoms with van der Waals surface area (Å²) in [5.41, 5.74) is -0.613. The fraction of sp³-hybridized carbons (Fsp3) is 0.333.